The van der Waals surface area contributed by atoms with E-state index in [0.29, 0.717) is 0 Å². The van der Waals surface area contributed by atoms with Gasteiger partial charge in [0.1, 0.15) is 5.82 Å². The molecule has 1 aliphatic carbocycles. The lowest BCUT2D eigenvalue weighted by molar-refractivity contribution is 0.0945. The molecule has 2 N–H and O–H groups in total. The molecule has 126 valence electrons. The van der Waals surface area contributed by atoms with E-state index in [0.717, 1.165) is 43.4 Å². The van der Waals surface area contributed by atoms with Crippen LogP contribution < -0.4 is 10.3 Å². The molecule has 0 saturated carbocycles. The van der Waals surface area contributed by atoms with Gasteiger partial charge in [0, 0.05) is 5.56 Å². The van der Waals surface area contributed by atoms with Crippen molar-refractivity contribution in [3.8, 4) is 0 Å². The summed E-state index contributed by atoms with van der Waals surface area (Å²) in [7, 11) is -3.86. The van der Waals surface area contributed by atoms with Crippen LogP contribution >= 0.6 is 0 Å². The van der Waals surface area contributed by atoms with E-state index in [1.54, 1.807) is 6.07 Å². The summed E-state index contributed by atoms with van der Waals surface area (Å²) in [6, 6.07) is 9.83. The summed E-state index contributed by atoms with van der Waals surface area (Å²) in [5.41, 5.74) is 4.51. The molecule has 1 amide bonds. The van der Waals surface area contributed by atoms with Crippen LogP contribution in [0.5, 0.6) is 0 Å². The van der Waals surface area contributed by atoms with Gasteiger partial charge in [0.2, 0.25) is 0 Å². The zero-order valence-electron chi connectivity index (χ0n) is 12.9. The van der Waals surface area contributed by atoms with Crippen molar-refractivity contribution in [3.63, 3.8) is 0 Å². The highest BCUT2D eigenvalue weighted by molar-refractivity contribution is 7.89. The summed E-state index contributed by atoms with van der Waals surface area (Å²) >= 11 is 0. The molecular weight excluding hydrogens is 331 g/mol. The minimum atomic E-state index is -3.86. The number of nitrogens with one attached hydrogen (secondary N) is 2. The number of benzene rings is 2. The molecule has 24 heavy (non-hydrogen) atoms. The maximum atomic E-state index is 12.8. The zero-order valence-corrected chi connectivity index (χ0v) is 13.7. The first kappa shape index (κ1) is 16.6. The second kappa shape index (κ2) is 6.70. The van der Waals surface area contributed by atoms with Crippen molar-refractivity contribution >= 4 is 15.9 Å². The smallest absolute Gasteiger partial charge is 0.266 e. The highest BCUT2D eigenvalue weighted by atomic mass is 32.2. The van der Waals surface area contributed by atoms with Gasteiger partial charge in [-0.2, -0.15) is 0 Å². The van der Waals surface area contributed by atoms with Crippen LogP contribution in [0.25, 0.3) is 0 Å². The monoisotopic (exact) mass is 348 g/mol. The van der Waals surface area contributed by atoms with Gasteiger partial charge >= 0.3 is 0 Å². The maximum Gasteiger partial charge on any atom is 0.266 e. The van der Waals surface area contributed by atoms with Crippen LogP contribution in [-0.4, -0.2) is 14.3 Å². The molecule has 2 aromatic carbocycles. The van der Waals surface area contributed by atoms with Crippen LogP contribution in [-0.2, 0) is 22.9 Å². The molecule has 7 heteroatoms. The Balaban J connectivity index is 1.72. The summed E-state index contributed by atoms with van der Waals surface area (Å²) in [6.45, 7) is 0. The molecular formula is C17H17FN2O3S. The normalized spacial score (nSPS) is 14.0. The fourth-order valence-electron chi connectivity index (χ4n) is 2.72. The Morgan fingerprint density at radius 3 is 2.33 bits per heavy atom. The number of amides is 1. The minimum Gasteiger partial charge on any atom is -0.273 e. The number of aryl methyl sites for hydroxylation is 2. The number of hydrazine groups is 1. The van der Waals surface area contributed by atoms with Crippen LogP contribution in [0.15, 0.2) is 47.4 Å². The van der Waals surface area contributed by atoms with Gasteiger partial charge in [0.15, 0.2) is 0 Å². The maximum absolute atomic E-state index is 12.8. The Kier molecular flexibility index (Phi) is 4.64. The van der Waals surface area contributed by atoms with E-state index in [-0.39, 0.29) is 10.5 Å². The van der Waals surface area contributed by atoms with Crippen molar-refractivity contribution in [2.45, 2.75) is 30.6 Å². The predicted octanol–water partition coefficient (Wildman–Crippen LogP) is 2.33. The predicted molar refractivity (Wildman–Crippen MR) is 87.3 cm³/mol. The van der Waals surface area contributed by atoms with Crippen LogP contribution in [0.3, 0.4) is 0 Å². The van der Waals surface area contributed by atoms with Crippen LogP contribution in [0.1, 0.15) is 34.3 Å². The Morgan fingerprint density at radius 2 is 1.62 bits per heavy atom. The van der Waals surface area contributed by atoms with E-state index in [1.165, 1.54) is 23.8 Å². The Labute approximate surface area is 139 Å². The average Bonchev–Trinajstić information content (AvgIpc) is 2.60. The lowest BCUT2D eigenvalue weighted by atomic mass is 9.92. The minimum absolute atomic E-state index is 0.113. The quantitative estimate of drug-likeness (QED) is 0.833. The Hall–Kier alpha value is -2.25. The summed E-state index contributed by atoms with van der Waals surface area (Å²) in [5.74, 6) is -1.13. The van der Waals surface area contributed by atoms with Gasteiger partial charge < -0.3 is 0 Å². The van der Waals surface area contributed by atoms with E-state index in [2.05, 4.69) is 10.3 Å². The number of carbonyl (C=O) groups excluding carboxylic acids is 1. The molecule has 0 radical (unpaired) electrons. The first-order chi connectivity index (χ1) is 11.5. The molecule has 5 nitrogen and oxygen atoms in total. The van der Waals surface area contributed by atoms with Crippen molar-refractivity contribution in [1.29, 1.82) is 0 Å². The van der Waals surface area contributed by atoms with Crippen molar-refractivity contribution in [1.82, 2.24) is 10.3 Å². The van der Waals surface area contributed by atoms with Gasteiger partial charge in [0.05, 0.1) is 4.90 Å². The molecule has 0 bridgehead atoms. The molecule has 0 spiro atoms. The third kappa shape index (κ3) is 3.63. The number of halogens is 1. The van der Waals surface area contributed by atoms with Crippen molar-refractivity contribution in [2.75, 3.05) is 0 Å². The number of hydrogen-bond donors (Lipinski definition) is 2. The molecule has 0 heterocycles. The van der Waals surface area contributed by atoms with Gasteiger partial charge in [-0.15, -0.1) is 4.83 Å². The number of hydrogen-bond acceptors (Lipinski definition) is 3. The average molecular weight is 348 g/mol. The zero-order chi connectivity index (χ0) is 17.2. The molecule has 0 atom stereocenters. The SMILES string of the molecule is O=C(NNS(=O)(=O)c1ccc2c(c1)CCCC2)c1ccc(F)cc1. The summed E-state index contributed by atoms with van der Waals surface area (Å²) in [6.07, 6.45) is 3.99. The molecule has 3 rings (SSSR count). The van der Waals surface area contributed by atoms with Gasteiger partial charge in [-0.3, -0.25) is 10.2 Å². The third-order valence-corrected chi connectivity index (χ3v) is 5.28. The van der Waals surface area contributed by atoms with E-state index in [9.17, 15) is 17.6 Å². The molecule has 0 fully saturated rings. The Bertz CT molecular complexity index is 864. The summed E-state index contributed by atoms with van der Waals surface area (Å²) < 4.78 is 37.5. The highest BCUT2D eigenvalue weighted by Crippen LogP contribution is 2.23. The van der Waals surface area contributed by atoms with Gasteiger partial charge in [0.25, 0.3) is 15.9 Å². The van der Waals surface area contributed by atoms with Crippen LogP contribution in [0.2, 0.25) is 0 Å². The molecule has 0 unspecified atom stereocenters. The van der Waals surface area contributed by atoms with Gasteiger partial charge in [-0.1, -0.05) is 6.07 Å². The molecule has 0 saturated heterocycles. The molecule has 1 aliphatic rings. The summed E-state index contributed by atoms with van der Waals surface area (Å²) in [5, 5.41) is 0. The lowest BCUT2D eigenvalue weighted by Crippen LogP contribution is -2.41. The second-order valence-electron chi connectivity index (χ2n) is 5.70. The van der Waals surface area contributed by atoms with Gasteiger partial charge in [-0.05, 0) is 73.2 Å². The van der Waals surface area contributed by atoms with Crippen LogP contribution in [0, 0.1) is 5.82 Å². The van der Waals surface area contributed by atoms with E-state index >= 15 is 0 Å². The first-order valence-corrected chi connectivity index (χ1v) is 9.13. The fraction of sp³-hybridized carbons (Fsp3) is 0.235. The third-order valence-electron chi connectivity index (χ3n) is 4.04. The number of fused-ring (bicyclic) bond motifs is 1. The Morgan fingerprint density at radius 1 is 0.958 bits per heavy atom. The van der Waals surface area contributed by atoms with E-state index in [4.69, 9.17) is 0 Å². The largest absolute Gasteiger partial charge is 0.273 e. The van der Waals surface area contributed by atoms with Crippen molar-refractivity contribution in [3.05, 3.63) is 65.0 Å². The molecule has 0 aliphatic heterocycles. The fourth-order valence-corrected chi connectivity index (χ4v) is 3.61. The van der Waals surface area contributed by atoms with Gasteiger partial charge in [-0.25, -0.2) is 12.8 Å². The first-order valence-electron chi connectivity index (χ1n) is 7.65. The lowest BCUT2D eigenvalue weighted by Gasteiger charge is -2.17. The molecule has 0 aromatic heterocycles. The number of sulfonamides is 1. The second-order valence-corrected chi connectivity index (χ2v) is 7.39. The molecule has 2 aromatic rings. The number of rotatable bonds is 4. The van der Waals surface area contributed by atoms with Crippen molar-refractivity contribution < 1.29 is 17.6 Å². The van der Waals surface area contributed by atoms with E-state index in [1.807, 2.05) is 6.07 Å². The highest BCUT2D eigenvalue weighted by Gasteiger charge is 2.18. The number of carbonyl (C=O) groups is 1. The standard InChI is InChI=1S/C17H17FN2O3S/c18-15-8-5-13(6-9-15)17(21)19-20-24(22,23)16-10-7-12-3-1-2-4-14(12)11-16/h5-11,20H,1-4H2,(H,19,21). The van der Waals surface area contributed by atoms with Crippen LogP contribution in [0.4, 0.5) is 4.39 Å². The van der Waals surface area contributed by atoms with E-state index < -0.39 is 21.7 Å². The summed E-state index contributed by atoms with van der Waals surface area (Å²) in [4.78, 5) is 14.1. The van der Waals surface area contributed by atoms with Crippen molar-refractivity contribution in [2.24, 2.45) is 0 Å². The topological polar surface area (TPSA) is 75.3 Å².